The Bertz CT molecular complexity index is 433. The van der Waals surface area contributed by atoms with Gasteiger partial charge in [-0.3, -0.25) is 4.79 Å². The van der Waals surface area contributed by atoms with Crippen molar-refractivity contribution in [3.05, 3.63) is 35.9 Å². The summed E-state index contributed by atoms with van der Waals surface area (Å²) >= 11 is 0. The first-order chi connectivity index (χ1) is 9.63. The number of nitrogens with zero attached hydrogens (tertiary/aromatic N) is 1. The number of piperidine rings is 1. The summed E-state index contributed by atoms with van der Waals surface area (Å²) in [4.78, 5) is 14.6. The van der Waals surface area contributed by atoms with Gasteiger partial charge in [-0.1, -0.05) is 30.3 Å². The number of likely N-dealkylation sites (tertiary alicyclic amines) is 1. The molecule has 0 aliphatic carbocycles. The highest BCUT2D eigenvalue weighted by molar-refractivity contribution is 5.82. The lowest BCUT2D eigenvalue weighted by atomic mass is 9.91. The van der Waals surface area contributed by atoms with Crippen LogP contribution in [0.25, 0.3) is 0 Å². The summed E-state index contributed by atoms with van der Waals surface area (Å²) in [6.45, 7) is 3.56. The minimum Gasteiger partial charge on any atom is -0.367 e. The Balaban J connectivity index is 2.09. The van der Waals surface area contributed by atoms with Gasteiger partial charge < -0.3 is 15.4 Å². The van der Waals surface area contributed by atoms with Gasteiger partial charge in [0.2, 0.25) is 0 Å². The predicted octanol–water partition coefficient (Wildman–Crippen LogP) is 1.96. The van der Waals surface area contributed by atoms with Gasteiger partial charge in [0.15, 0.2) is 6.10 Å². The van der Waals surface area contributed by atoms with E-state index in [2.05, 4.69) is 0 Å². The van der Waals surface area contributed by atoms with E-state index in [0.717, 1.165) is 31.5 Å². The molecule has 0 saturated carbocycles. The lowest BCUT2D eigenvalue weighted by molar-refractivity contribution is -0.144. The molecule has 110 valence electrons. The summed E-state index contributed by atoms with van der Waals surface area (Å²) in [5, 5.41) is 0. The average Bonchev–Trinajstić information content (AvgIpc) is 2.49. The maximum absolute atomic E-state index is 12.7. The van der Waals surface area contributed by atoms with Gasteiger partial charge >= 0.3 is 0 Å². The number of nitrogens with two attached hydrogens (primary N) is 1. The molecule has 1 aliphatic rings. The minimum atomic E-state index is -0.511. The van der Waals surface area contributed by atoms with Crippen molar-refractivity contribution in [3.8, 4) is 0 Å². The third-order valence-electron chi connectivity index (χ3n) is 4.08. The molecule has 0 spiro atoms. The van der Waals surface area contributed by atoms with E-state index in [1.807, 2.05) is 42.2 Å². The maximum atomic E-state index is 12.7. The van der Waals surface area contributed by atoms with E-state index >= 15 is 0 Å². The van der Waals surface area contributed by atoms with Crippen LogP contribution in [0, 0.1) is 5.92 Å². The first kappa shape index (κ1) is 15.0. The van der Waals surface area contributed by atoms with Crippen LogP contribution in [0.4, 0.5) is 0 Å². The summed E-state index contributed by atoms with van der Waals surface area (Å²) in [5.41, 5.74) is 6.89. The molecule has 1 heterocycles. The van der Waals surface area contributed by atoms with E-state index in [-0.39, 0.29) is 11.9 Å². The van der Waals surface area contributed by atoms with Crippen molar-refractivity contribution in [2.45, 2.75) is 31.9 Å². The second-order valence-corrected chi connectivity index (χ2v) is 5.57. The Morgan fingerprint density at radius 1 is 1.40 bits per heavy atom. The van der Waals surface area contributed by atoms with E-state index in [4.69, 9.17) is 10.5 Å². The molecule has 0 bridgehead atoms. The largest absolute Gasteiger partial charge is 0.367 e. The lowest BCUT2D eigenvalue weighted by Crippen LogP contribution is -2.46. The monoisotopic (exact) mass is 276 g/mol. The van der Waals surface area contributed by atoms with Crippen LogP contribution in [0.1, 0.15) is 31.4 Å². The number of hydrogen-bond acceptors (Lipinski definition) is 3. The number of methoxy groups -OCH3 is 1. The van der Waals surface area contributed by atoms with Crippen molar-refractivity contribution in [2.75, 3.05) is 20.2 Å². The van der Waals surface area contributed by atoms with E-state index in [9.17, 15) is 4.79 Å². The van der Waals surface area contributed by atoms with Gasteiger partial charge in [0, 0.05) is 26.2 Å². The van der Waals surface area contributed by atoms with Crippen molar-refractivity contribution in [3.63, 3.8) is 0 Å². The topological polar surface area (TPSA) is 55.6 Å². The van der Waals surface area contributed by atoms with Crippen LogP contribution < -0.4 is 5.73 Å². The lowest BCUT2D eigenvalue weighted by Gasteiger charge is -2.36. The molecule has 0 radical (unpaired) electrons. The van der Waals surface area contributed by atoms with E-state index in [0.29, 0.717) is 5.92 Å². The number of carbonyl (C=O) groups is 1. The van der Waals surface area contributed by atoms with Gasteiger partial charge in [0.1, 0.15) is 0 Å². The molecule has 3 atom stereocenters. The predicted molar refractivity (Wildman–Crippen MR) is 79.1 cm³/mol. The molecule has 1 aliphatic heterocycles. The molecule has 2 rings (SSSR count). The molecule has 1 aromatic carbocycles. The molecule has 20 heavy (non-hydrogen) atoms. The summed E-state index contributed by atoms with van der Waals surface area (Å²) in [7, 11) is 1.59. The molecule has 4 heteroatoms. The second kappa shape index (κ2) is 6.86. The zero-order valence-corrected chi connectivity index (χ0v) is 12.3. The molecule has 4 nitrogen and oxygen atoms in total. The zero-order chi connectivity index (χ0) is 14.5. The number of benzene rings is 1. The van der Waals surface area contributed by atoms with Gasteiger partial charge in [-0.15, -0.1) is 0 Å². The third-order valence-corrected chi connectivity index (χ3v) is 4.08. The zero-order valence-electron chi connectivity index (χ0n) is 12.3. The number of amides is 1. The second-order valence-electron chi connectivity index (χ2n) is 5.57. The Hall–Kier alpha value is -1.39. The standard InChI is InChI=1S/C16H24N2O2/c1-12(17)14-9-6-10-18(11-14)16(19)15(20-2)13-7-4-3-5-8-13/h3-5,7-8,12,14-15H,6,9-11,17H2,1-2H3/t12-,14-,15-/m0/s1. The van der Waals surface area contributed by atoms with Crippen LogP contribution in [0.2, 0.25) is 0 Å². The van der Waals surface area contributed by atoms with Crippen LogP contribution in [0.5, 0.6) is 0 Å². The highest BCUT2D eigenvalue weighted by atomic mass is 16.5. The Morgan fingerprint density at radius 3 is 2.70 bits per heavy atom. The fourth-order valence-corrected chi connectivity index (χ4v) is 2.81. The molecule has 1 aromatic rings. The smallest absolute Gasteiger partial charge is 0.256 e. The van der Waals surface area contributed by atoms with Gasteiger partial charge in [-0.05, 0) is 31.2 Å². The molecule has 0 aromatic heterocycles. The van der Waals surface area contributed by atoms with Crippen molar-refractivity contribution in [1.82, 2.24) is 4.90 Å². The summed E-state index contributed by atoms with van der Waals surface area (Å²) in [6, 6.07) is 9.78. The number of ether oxygens (including phenoxy) is 1. The summed E-state index contributed by atoms with van der Waals surface area (Å²) in [6.07, 6.45) is 1.61. The van der Waals surface area contributed by atoms with Crippen molar-refractivity contribution < 1.29 is 9.53 Å². The number of hydrogen-bond donors (Lipinski definition) is 1. The molecular formula is C16H24N2O2. The SMILES string of the molecule is CO[C@H](C(=O)N1CCC[C@H]([C@H](C)N)C1)c1ccccc1. The van der Waals surface area contributed by atoms with Gasteiger partial charge in [-0.25, -0.2) is 0 Å². The van der Waals surface area contributed by atoms with Gasteiger partial charge in [0.25, 0.3) is 5.91 Å². The number of carbonyl (C=O) groups excluding carboxylic acids is 1. The Morgan fingerprint density at radius 2 is 2.10 bits per heavy atom. The minimum absolute atomic E-state index is 0.0454. The molecule has 1 amide bonds. The summed E-state index contributed by atoms with van der Waals surface area (Å²) < 4.78 is 5.42. The fraction of sp³-hybridized carbons (Fsp3) is 0.562. The molecule has 1 fully saturated rings. The first-order valence-electron chi connectivity index (χ1n) is 7.25. The van der Waals surface area contributed by atoms with Crippen LogP contribution in [-0.2, 0) is 9.53 Å². The van der Waals surface area contributed by atoms with Gasteiger partial charge in [-0.2, -0.15) is 0 Å². The Labute approximate surface area is 120 Å². The maximum Gasteiger partial charge on any atom is 0.256 e. The number of rotatable bonds is 4. The highest BCUT2D eigenvalue weighted by Crippen LogP contribution is 2.24. The third kappa shape index (κ3) is 3.38. The highest BCUT2D eigenvalue weighted by Gasteiger charge is 2.30. The molecular weight excluding hydrogens is 252 g/mol. The first-order valence-corrected chi connectivity index (χ1v) is 7.25. The molecule has 1 saturated heterocycles. The van der Waals surface area contributed by atoms with Crippen molar-refractivity contribution in [1.29, 1.82) is 0 Å². The van der Waals surface area contributed by atoms with Crippen LogP contribution in [0.3, 0.4) is 0 Å². The molecule has 0 unspecified atom stereocenters. The van der Waals surface area contributed by atoms with E-state index < -0.39 is 6.10 Å². The average molecular weight is 276 g/mol. The normalized spacial score (nSPS) is 22.4. The fourth-order valence-electron chi connectivity index (χ4n) is 2.81. The van der Waals surface area contributed by atoms with E-state index in [1.165, 1.54) is 0 Å². The van der Waals surface area contributed by atoms with Crippen LogP contribution >= 0.6 is 0 Å². The van der Waals surface area contributed by atoms with Crippen molar-refractivity contribution >= 4 is 5.91 Å². The quantitative estimate of drug-likeness (QED) is 0.914. The molecule has 2 N–H and O–H groups in total. The van der Waals surface area contributed by atoms with Crippen LogP contribution in [-0.4, -0.2) is 37.0 Å². The Kier molecular flexibility index (Phi) is 5.15. The summed E-state index contributed by atoms with van der Waals surface area (Å²) in [5.74, 6) is 0.435. The van der Waals surface area contributed by atoms with Gasteiger partial charge in [0.05, 0.1) is 0 Å². The van der Waals surface area contributed by atoms with Crippen LogP contribution in [0.15, 0.2) is 30.3 Å². The van der Waals surface area contributed by atoms with Crippen molar-refractivity contribution in [2.24, 2.45) is 11.7 Å². The van der Waals surface area contributed by atoms with E-state index in [1.54, 1.807) is 7.11 Å².